The minimum Gasteiger partial charge on any atom is -0.381 e. The summed E-state index contributed by atoms with van der Waals surface area (Å²) in [6.45, 7) is 10.8. The van der Waals surface area contributed by atoms with Gasteiger partial charge >= 0.3 is 0 Å². The van der Waals surface area contributed by atoms with Crippen molar-refractivity contribution in [2.45, 2.75) is 64.0 Å². The molecule has 2 N–H and O–H groups in total. The molecule has 6 nitrogen and oxygen atoms in total. The molecule has 0 spiro atoms. The first-order valence-corrected chi connectivity index (χ1v) is 10.1. The number of rotatable bonds is 8. The maximum Gasteiger partial charge on any atom is 0.191 e. The SMILES string of the molecule is CCNC(=NCC1(OC)CCOCC1)NCCN1CCCCC1CC. The highest BCUT2D eigenvalue weighted by Gasteiger charge is 2.32. The van der Waals surface area contributed by atoms with Crippen LogP contribution in [-0.4, -0.2) is 75.5 Å². The molecular formula is C19H38N4O2. The number of nitrogens with zero attached hydrogens (tertiary/aromatic N) is 2. The van der Waals surface area contributed by atoms with Crippen LogP contribution >= 0.6 is 0 Å². The molecule has 1 atom stereocenters. The first-order valence-electron chi connectivity index (χ1n) is 10.1. The van der Waals surface area contributed by atoms with Crippen molar-refractivity contribution in [3.63, 3.8) is 0 Å². The van der Waals surface area contributed by atoms with Crippen molar-refractivity contribution < 1.29 is 9.47 Å². The monoisotopic (exact) mass is 354 g/mol. The Kier molecular flexibility index (Phi) is 8.99. The lowest BCUT2D eigenvalue weighted by Crippen LogP contribution is -2.47. The molecule has 146 valence electrons. The van der Waals surface area contributed by atoms with E-state index in [2.05, 4.69) is 29.4 Å². The number of methoxy groups -OCH3 is 1. The lowest BCUT2D eigenvalue weighted by Gasteiger charge is -2.35. The van der Waals surface area contributed by atoms with Crippen LogP contribution in [0.3, 0.4) is 0 Å². The third kappa shape index (κ3) is 6.42. The van der Waals surface area contributed by atoms with Gasteiger partial charge in [0.1, 0.15) is 0 Å². The molecule has 2 aliphatic rings. The molecule has 6 heteroatoms. The van der Waals surface area contributed by atoms with Crippen LogP contribution < -0.4 is 10.6 Å². The van der Waals surface area contributed by atoms with E-state index in [1.165, 1.54) is 32.2 Å². The van der Waals surface area contributed by atoms with Gasteiger partial charge in [-0.1, -0.05) is 13.3 Å². The molecule has 2 fully saturated rings. The molecule has 2 rings (SSSR count). The Morgan fingerprint density at radius 2 is 2.04 bits per heavy atom. The lowest BCUT2D eigenvalue weighted by molar-refractivity contribution is -0.0828. The normalized spacial score (nSPS) is 24.9. The van der Waals surface area contributed by atoms with E-state index < -0.39 is 0 Å². The van der Waals surface area contributed by atoms with E-state index in [9.17, 15) is 0 Å². The minimum absolute atomic E-state index is 0.166. The Bertz CT molecular complexity index is 397. The molecule has 0 aromatic carbocycles. The molecule has 0 aromatic rings. The summed E-state index contributed by atoms with van der Waals surface area (Å²) in [5.41, 5.74) is -0.166. The molecule has 0 bridgehead atoms. The van der Waals surface area contributed by atoms with Gasteiger partial charge in [-0.05, 0) is 32.7 Å². The summed E-state index contributed by atoms with van der Waals surface area (Å²) in [6, 6.07) is 0.758. The van der Waals surface area contributed by atoms with Crippen LogP contribution in [0.4, 0.5) is 0 Å². The molecular weight excluding hydrogens is 316 g/mol. The van der Waals surface area contributed by atoms with Crippen LogP contribution in [0, 0.1) is 0 Å². The first-order chi connectivity index (χ1) is 12.2. The minimum atomic E-state index is -0.166. The van der Waals surface area contributed by atoms with E-state index in [0.717, 1.165) is 57.7 Å². The highest BCUT2D eigenvalue weighted by atomic mass is 16.5. The van der Waals surface area contributed by atoms with E-state index >= 15 is 0 Å². The molecule has 2 aliphatic heterocycles. The van der Waals surface area contributed by atoms with E-state index in [4.69, 9.17) is 14.5 Å². The van der Waals surface area contributed by atoms with Gasteiger partial charge in [-0.25, -0.2) is 0 Å². The quantitative estimate of drug-likeness (QED) is 0.516. The van der Waals surface area contributed by atoms with E-state index in [0.29, 0.717) is 6.54 Å². The predicted molar refractivity (Wildman–Crippen MR) is 103 cm³/mol. The molecule has 0 aliphatic carbocycles. The van der Waals surface area contributed by atoms with Crippen molar-refractivity contribution in [1.82, 2.24) is 15.5 Å². The van der Waals surface area contributed by atoms with Crippen molar-refractivity contribution in [1.29, 1.82) is 0 Å². The Balaban J connectivity index is 1.82. The summed E-state index contributed by atoms with van der Waals surface area (Å²) in [4.78, 5) is 7.43. The van der Waals surface area contributed by atoms with Crippen LogP contribution in [0.25, 0.3) is 0 Å². The number of nitrogens with one attached hydrogen (secondary N) is 2. The zero-order valence-corrected chi connectivity index (χ0v) is 16.5. The highest BCUT2D eigenvalue weighted by Crippen LogP contribution is 2.24. The van der Waals surface area contributed by atoms with Gasteiger partial charge in [0.2, 0.25) is 0 Å². The van der Waals surface area contributed by atoms with Gasteiger partial charge in [-0.3, -0.25) is 9.89 Å². The Morgan fingerprint density at radius 1 is 1.24 bits per heavy atom. The third-order valence-corrected chi connectivity index (χ3v) is 5.62. The fourth-order valence-corrected chi connectivity index (χ4v) is 3.87. The Hall–Kier alpha value is -0.850. The smallest absolute Gasteiger partial charge is 0.191 e. The molecule has 1 unspecified atom stereocenters. The number of hydrogen-bond donors (Lipinski definition) is 2. The first kappa shape index (κ1) is 20.5. The van der Waals surface area contributed by atoms with E-state index in [1.54, 1.807) is 7.11 Å². The van der Waals surface area contributed by atoms with Gasteiger partial charge in [0.15, 0.2) is 5.96 Å². The second-order valence-corrected chi connectivity index (χ2v) is 7.22. The second kappa shape index (κ2) is 11.0. The number of hydrogen-bond acceptors (Lipinski definition) is 4. The second-order valence-electron chi connectivity index (χ2n) is 7.22. The summed E-state index contributed by atoms with van der Waals surface area (Å²) in [5.74, 6) is 0.899. The summed E-state index contributed by atoms with van der Waals surface area (Å²) in [6.07, 6.45) is 7.16. The fourth-order valence-electron chi connectivity index (χ4n) is 3.87. The summed E-state index contributed by atoms with van der Waals surface area (Å²) in [7, 11) is 1.79. The summed E-state index contributed by atoms with van der Waals surface area (Å²) in [5, 5.41) is 6.86. The Labute approximate surface area is 153 Å². The van der Waals surface area contributed by atoms with Crippen molar-refractivity contribution in [3.05, 3.63) is 0 Å². The van der Waals surface area contributed by atoms with Gasteiger partial charge in [-0.15, -0.1) is 0 Å². The van der Waals surface area contributed by atoms with E-state index in [-0.39, 0.29) is 5.60 Å². The number of guanidine groups is 1. The van der Waals surface area contributed by atoms with Gasteiger partial charge in [0.05, 0.1) is 12.1 Å². The van der Waals surface area contributed by atoms with Crippen molar-refractivity contribution in [2.75, 3.05) is 53.0 Å². The van der Waals surface area contributed by atoms with Crippen molar-refractivity contribution in [3.8, 4) is 0 Å². The van der Waals surface area contributed by atoms with Crippen LogP contribution in [0.2, 0.25) is 0 Å². The van der Waals surface area contributed by atoms with Crippen LogP contribution in [0.1, 0.15) is 52.4 Å². The predicted octanol–water partition coefficient (Wildman–Crippen LogP) is 2.00. The largest absolute Gasteiger partial charge is 0.381 e. The maximum atomic E-state index is 5.78. The third-order valence-electron chi connectivity index (χ3n) is 5.62. The average Bonchev–Trinajstić information content (AvgIpc) is 2.67. The molecule has 0 saturated carbocycles. The fraction of sp³-hybridized carbons (Fsp3) is 0.947. The lowest BCUT2D eigenvalue weighted by atomic mass is 9.94. The molecule has 2 heterocycles. The van der Waals surface area contributed by atoms with Crippen LogP contribution in [0.5, 0.6) is 0 Å². The zero-order chi connectivity index (χ0) is 18.0. The maximum absolute atomic E-state index is 5.78. The highest BCUT2D eigenvalue weighted by molar-refractivity contribution is 5.79. The molecule has 0 amide bonds. The van der Waals surface area contributed by atoms with Gasteiger partial charge in [0, 0.05) is 58.8 Å². The molecule has 0 aromatic heterocycles. The van der Waals surface area contributed by atoms with Gasteiger partial charge in [0.25, 0.3) is 0 Å². The van der Waals surface area contributed by atoms with Gasteiger partial charge in [-0.2, -0.15) is 0 Å². The van der Waals surface area contributed by atoms with Crippen molar-refractivity contribution >= 4 is 5.96 Å². The number of piperidine rings is 1. The Morgan fingerprint density at radius 3 is 2.72 bits per heavy atom. The molecule has 0 radical (unpaired) electrons. The zero-order valence-electron chi connectivity index (χ0n) is 16.5. The number of aliphatic imine (C=N–C) groups is 1. The summed E-state index contributed by atoms with van der Waals surface area (Å²) >= 11 is 0. The van der Waals surface area contributed by atoms with Crippen molar-refractivity contribution in [2.24, 2.45) is 4.99 Å². The number of ether oxygens (including phenoxy) is 2. The van der Waals surface area contributed by atoms with Crippen LogP contribution in [0.15, 0.2) is 4.99 Å². The van der Waals surface area contributed by atoms with Gasteiger partial charge < -0.3 is 20.1 Å². The number of likely N-dealkylation sites (tertiary alicyclic amines) is 1. The standard InChI is InChI=1S/C19H38N4O2/c1-4-17-8-6-7-12-23(17)13-11-21-18(20-5-2)22-16-19(24-3)9-14-25-15-10-19/h17H,4-16H2,1-3H3,(H2,20,21,22). The average molecular weight is 355 g/mol. The molecule has 2 saturated heterocycles. The van der Waals surface area contributed by atoms with E-state index in [1.807, 2.05) is 0 Å². The topological polar surface area (TPSA) is 58.1 Å². The van der Waals surface area contributed by atoms with Crippen LogP contribution in [-0.2, 0) is 9.47 Å². The summed E-state index contributed by atoms with van der Waals surface area (Å²) < 4.78 is 11.3. The molecule has 25 heavy (non-hydrogen) atoms.